The number of furan rings is 1. The second-order valence-electron chi connectivity index (χ2n) is 9.51. The van der Waals surface area contributed by atoms with Gasteiger partial charge in [0.25, 0.3) is 11.1 Å². The van der Waals surface area contributed by atoms with E-state index in [1.54, 1.807) is 54.1 Å². The lowest BCUT2D eigenvalue weighted by atomic mass is 10.1. The molecule has 206 valence electrons. The maximum absolute atomic E-state index is 14.3. The molecule has 1 aliphatic heterocycles. The highest BCUT2D eigenvalue weighted by Gasteiger charge is 2.27. The molecule has 1 amide bonds. The van der Waals surface area contributed by atoms with Gasteiger partial charge in [0.15, 0.2) is 5.76 Å². The standard InChI is InChI=1S/C30H23FN4O5S/c1-37-19-12-25(21-14-27(40-26(21)13-19)23-15-35-29(32-23)41-30(33-35)38-2)39-16-17-7-8-18-9-10-34(24(18)11-17)28(36)20-5-3-4-6-22(20)31/h3-8,11-15H,9-10,16H2,1-2H3. The molecule has 41 heavy (non-hydrogen) atoms. The van der Waals surface area contributed by atoms with Crippen molar-refractivity contribution >= 4 is 38.9 Å². The molecule has 7 rings (SSSR count). The van der Waals surface area contributed by atoms with Crippen LogP contribution in [0.4, 0.5) is 10.1 Å². The number of amides is 1. The maximum Gasteiger partial charge on any atom is 0.294 e. The zero-order valence-corrected chi connectivity index (χ0v) is 22.9. The molecule has 3 aromatic carbocycles. The molecule has 1 aliphatic rings. The van der Waals surface area contributed by atoms with Crippen LogP contribution in [-0.4, -0.2) is 41.3 Å². The summed E-state index contributed by atoms with van der Waals surface area (Å²) in [5, 5.41) is 5.61. The molecule has 0 radical (unpaired) electrons. The number of methoxy groups -OCH3 is 2. The second-order valence-corrected chi connectivity index (χ2v) is 10.4. The molecule has 0 aliphatic carbocycles. The van der Waals surface area contributed by atoms with Crippen LogP contribution in [0.3, 0.4) is 0 Å². The summed E-state index contributed by atoms with van der Waals surface area (Å²) in [7, 11) is 3.15. The Hall–Kier alpha value is -4.90. The van der Waals surface area contributed by atoms with Crippen LogP contribution in [0.5, 0.6) is 16.7 Å². The fraction of sp³-hybridized carbons (Fsp3) is 0.167. The number of carbonyl (C=O) groups is 1. The molecule has 3 aromatic heterocycles. The van der Waals surface area contributed by atoms with E-state index in [4.69, 9.17) is 18.6 Å². The second kappa shape index (κ2) is 9.93. The number of benzene rings is 3. The third-order valence-corrected chi connectivity index (χ3v) is 7.93. The Balaban J connectivity index is 1.16. The van der Waals surface area contributed by atoms with Crippen LogP contribution >= 0.6 is 11.3 Å². The van der Waals surface area contributed by atoms with Crippen LogP contribution in [0, 0.1) is 5.82 Å². The fourth-order valence-corrected chi connectivity index (χ4v) is 5.70. The third kappa shape index (κ3) is 4.44. The van der Waals surface area contributed by atoms with Crippen LogP contribution in [0.25, 0.3) is 27.4 Å². The van der Waals surface area contributed by atoms with Crippen molar-refractivity contribution in [3.8, 4) is 28.1 Å². The summed E-state index contributed by atoms with van der Waals surface area (Å²) in [6.07, 6.45) is 2.49. The average molecular weight is 571 g/mol. The highest BCUT2D eigenvalue weighted by molar-refractivity contribution is 7.18. The van der Waals surface area contributed by atoms with E-state index >= 15 is 0 Å². The van der Waals surface area contributed by atoms with E-state index in [1.807, 2.05) is 24.3 Å². The Morgan fingerprint density at radius 1 is 1.10 bits per heavy atom. The largest absolute Gasteiger partial charge is 0.496 e. The number of nitrogens with zero attached hydrogens (tertiary/aromatic N) is 4. The zero-order chi connectivity index (χ0) is 28.1. The summed E-state index contributed by atoms with van der Waals surface area (Å²) in [4.78, 5) is 20.1. The molecule has 9 nitrogen and oxygen atoms in total. The fourth-order valence-electron chi connectivity index (χ4n) is 5.00. The molecule has 11 heteroatoms. The van der Waals surface area contributed by atoms with E-state index in [1.165, 1.54) is 23.5 Å². The molecule has 0 spiro atoms. The van der Waals surface area contributed by atoms with Crippen molar-refractivity contribution in [3.63, 3.8) is 0 Å². The van der Waals surface area contributed by atoms with Gasteiger partial charge in [-0.2, -0.15) is 0 Å². The van der Waals surface area contributed by atoms with Crippen molar-refractivity contribution in [1.82, 2.24) is 14.6 Å². The highest BCUT2D eigenvalue weighted by Crippen LogP contribution is 2.38. The first-order chi connectivity index (χ1) is 20.0. The third-order valence-electron chi connectivity index (χ3n) is 7.05. The first-order valence-electron chi connectivity index (χ1n) is 12.8. The molecule has 6 aromatic rings. The van der Waals surface area contributed by atoms with Crippen LogP contribution in [-0.2, 0) is 13.0 Å². The van der Waals surface area contributed by atoms with E-state index < -0.39 is 5.82 Å². The van der Waals surface area contributed by atoms with Crippen LogP contribution in [0.1, 0.15) is 21.5 Å². The maximum atomic E-state index is 14.3. The predicted octanol–water partition coefficient (Wildman–Crippen LogP) is 6.14. The molecule has 0 fully saturated rings. The number of anilines is 1. The van der Waals surface area contributed by atoms with Gasteiger partial charge in [0.2, 0.25) is 4.96 Å². The van der Waals surface area contributed by atoms with E-state index in [9.17, 15) is 9.18 Å². The number of ether oxygens (including phenoxy) is 3. The van der Waals surface area contributed by atoms with Gasteiger partial charge in [-0.1, -0.05) is 24.3 Å². The van der Waals surface area contributed by atoms with E-state index in [-0.39, 0.29) is 18.1 Å². The lowest BCUT2D eigenvalue weighted by Crippen LogP contribution is -2.29. The van der Waals surface area contributed by atoms with Crippen molar-refractivity contribution in [2.24, 2.45) is 0 Å². The first kappa shape index (κ1) is 25.1. The van der Waals surface area contributed by atoms with E-state index in [0.29, 0.717) is 51.7 Å². The van der Waals surface area contributed by atoms with Gasteiger partial charge in [-0.25, -0.2) is 13.9 Å². The Labute approximate surface area is 237 Å². The van der Waals surface area contributed by atoms with Gasteiger partial charge in [-0.3, -0.25) is 4.79 Å². The smallest absolute Gasteiger partial charge is 0.294 e. The van der Waals surface area contributed by atoms with Gasteiger partial charge in [0.05, 0.1) is 31.4 Å². The van der Waals surface area contributed by atoms with Crippen molar-refractivity contribution in [3.05, 3.63) is 89.4 Å². The minimum absolute atomic E-state index is 0.0593. The number of halogens is 1. The summed E-state index contributed by atoms with van der Waals surface area (Å²) in [6.45, 7) is 0.733. The summed E-state index contributed by atoms with van der Waals surface area (Å²) < 4.78 is 39.1. The van der Waals surface area contributed by atoms with Gasteiger partial charge < -0.3 is 23.5 Å². The number of imidazole rings is 1. The summed E-state index contributed by atoms with van der Waals surface area (Å²) in [6, 6.07) is 17.4. The van der Waals surface area contributed by atoms with Gasteiger partial charge in [-0.15, -0.1) is 5.10 Å². The van der Waals surface area contributed by atoms with Crippen molar-refractivity contribution in [1.29, 1.82) is 0 Å². The number of carbonyl (C=O) groups excluding carboxylic acids is 1. The van der Waals surface area contributed by atoms with Crippen molar-refractivity contribution in [2.45, 2.75) is 13.0 Å². The molecule has 0 unspecified atom stereocenters. The number of rotatable bonds is 7. The monoisotopic (exact) mass is 570 g/mol. The predicted molar refractivity (Wildman–Crippen MR) is 152 cm³/mol. The Morgan fingerprint density at radius 3 is 2.78 bits per heavy atom. The Morgan fingerprint density at radius 2 is 1.98 bits per heavy atom. The minimum Gasteiger partial charge on any atom is -0.496 e. The van der Waals surface area contributed by atoms with Gasteiger partial charge >= 0.3 is 0 Å². The number of hydrogen-bond donors (Lipinski definition) is 0. The molecule has 4 heterocycles. The summed E-state index contributed by atoms with van der Waals surface area (Å²) in [5.41, 5.74) is 3.95. The molecule has 0 bridgehead atoms. The van der Waals surface area contributed by atoms with Crippen LogP contribution < -0.4 is 19.1 Å². The Bertz CT molecular complexity index is 1910. The van der Waals surface area contributed by atoms with Crippen LogP contribution in [0.15, 0.2) is 71.3 Å². The number of hydrogen-bond acceptors (Lipinski definition) is 8. The minimum atomic E-state index is -0.529. The normalized spacial score (nSPS) is 12.7. The molecule has 0 atom stereocenters. The molecular weight excluding hydrogens is 547 g/mol. The Kier molecular flexibility index (Phi) is 6.08. The molecular formula is C30H23FN4O5S. The number of aromatic nitrogens is 3. The van der Waals surface area contributed by atoms with Crippen molar-refractivity contribution < 1.29 is 27.8 Å². The van der Waals surface area contributed by atoms with Gasteiger partial charge in [0, 0.05) is 24.4 Å². The van der Waals surface area contributed by atoms with E-state index in [0.717, 1.165) is 22.2 Å². The zero-order valence-electron chi connectivity index (χ0n) is 22.1. The topological polar surface area (TPSA) is 91.3 Å². The molecule has 0 saturated carbocycles. The highest BCUT2D eigenvalue weighted by atomic mass is 32.1. The van der Waals surface area contributed by atoms with E-state index in [2.05, 4.69) is 10.1 Å². The first-order valence-corrected chi connectivity index (χ1v) is 13.7. The van der Waals surface area contributed by atoms with Gasteiger partial charge in [0.1, 0.15) is 35.2 Å². The summed E-state index contributed by atoms with van der Waals surface area (Å²) >= 11 is 1.33. The summed E-state index contributed by atoms with van der Waals surface area (Å²) in [5.74, 6) is 0.845. The SMILES string of the molecule is COc1cc(OCc2ccc3c(c2)N(C(=O)c2ccccc2F)CC3)c2cc(-c3cn4nc(OC)sc4n3)oc2c1. The lowest BCUT2D eigenvalue weighted by Gasteiger charge is -2.18. The molecule has 0 N–H and O–H groups in total. The quantitative estimate of drug-likeness (QED) is 0.228. The van der Waals surface area contributed by atoms with Gasteiger partial charge in [-0.05, 0) is 53.1 Å². The lowest BCUT2D eigenvalue weighted by molar-refractivity contribution is 0.0985. The van der Waals surface area contributed by atoms with Crippen LogP contribution in [0.2, 0.25) is 0 Å². The molecule has 0 saturated heterocycles. The number of fused-ring (bicyclic) bond motifs is 3. The van der Waals surface area contributed by atoms with Crippen molar-refractivity contribution in [2.75, 3.05) is 25.7 Å². The average Bonchev–Trinajstić information content (AvgIpc) is 3.77.